The quantitative estimate of drug-likeness (QED) is 0.806. The molecule has 1 saturated carbocycles. The first kappa shape index (κ1) is 15.8. The molecule has 6 nitrogen and oxygen atoms in total. The number of rotatable bonds is 3. The first-order chi connectivity index (χ1) is 9.73. The van der Waals surface area contributed by atoms with Gasteiger partial charge in [-0.25, -0.2) is 4.79 Å². The lowest BCUT2D eigenvalue weighted by Gasteiger charge is -2.22. The summed E-state index contributed by atoms with van der Waals surface area (Å²) < 4.78 is 5.11. The Morgan fingerprint density at radius 3 is 2.48 bits per heavy atom. The third-order valence-corrected chi connectivity index (χ3v) is 4.05. The van der Waals surface area contributed by atoms with Crippen molar-refractivity contribution in [2.75, 3.05) is 13.1 Å². The zero-order valence-corrected chi connectivity index (χ0v) is 13.0. The van der Waals surface area contributed by atoms with Crippen molar-refractivity contribution in [2.24, 2.45) is 5.41 Å². The number of nitrogens with one attached hydrogen (secondary N) is 1. The normalized spacial score (nSPS) is 21.2. The maximum absolute atomic E-state index is 12.4. The minimum Gasteiger partial charge on any atom is -0.444 e. The smallest absolute Gasteiger partial charge is 0.407 e. The number of amides is 3. The highest BCUT2D eigenvalue weighted by atomic mass is 16.6. The van der Waals surface area contributed by atoms with E-state index < -0.39 is 17.1 Å². The Balaban J connectivity index is 1.82. The average molecular weight is 296 g/mol. The Labute approximate surface area is 125 Å². The molecular weight excluding hydrogens is 272 g/mol. The third-order valence-electron chi connectivity index (χ3n) is 4.05. The zero-order valence-electron chi connectivity index (χ0n) is 13.0. The molecule has 0 radical (unpaired) electrons. The average Bonchev–Trinajstić information content (AvgIpc) is 2.88. The summed E-state index contributed by atoms with van der Waals surface area (Å²) in [4.78, 5) is 37.2. The Morgan fingerprint density at radius 1 is 1.29 bits per heavy atom. The Bertz CT molecular complexity index is 447. The summed E-state index contributed by atoms with van der Waals surface area (Å²) in [6, 6.07) is 0. The first-order valence-electron chi connectivity index (χ1n) is 7.55. The van der Waals surface area contributed by atoms with Crippen LogP contribution in [0.4, 0.5) is 4.79 Å². The Hall–Kier alpha value is -1.59. The monoisotopic (exact) mass is 296 g/mol. The highest BCUT2D eigenvalue weighted by Crippen LogP contribution is 2.46. The molecule has 0 unspecified atom stereocenters. The van der Waals surface area contributed by atoms with Crippen molar-refractivity contribution >= 4 is 17.9 Å². The molecular formula is C15H24N2O4. The molecule has 6 heteroatoms. The highest BCUT2D eigenvalue weighted by molar-refractivity contribution is 6.06. The standard InChI is InChI=1S/C15H24N2O4/c1-14(2,3)21-13(20)16-8-9-17-11(18)10-15(12(17)19)6-4-5-7-15/h4-10H2,1-3H3,(H,16,20). The van der Waals surface area contributed by atoms with E-state index in [9.17, 15) is 14.4 Å². The van der Waals surface area contributed by atoms with E-state index in [-0.39, 0.29) is 24.9 Å². The predicted octanol–water partition coefficient (Wildman–Crippen LogP) is 1.83. The molecule has 1 saturated heterocycles. The minimum absolute atomic E-state index is 0.0593. The molecule has 1 N–H and O–H groups in total. The summed E-state index contributed by atoms with van der Waals surface area (Å²) in [5.41, 5.74) is -1.000. The van der Waals surface area contributed by atoms with E-state index in [1.807, 2.05) is 0 Å². The van der Waals surface area contributed by atoms with Crippen LogP contribution in [0.25, 0.3) is 0 Å². The summed E-state index contributed by atoms with van der Waals surface area (Å²) in [5.74, 6) is -0.177. The SMILES string of the molecule is CC(C)(C)OC(=O)NCCN1C(=O)CC2(CCCC2)C1=O. The number of alkyl carbamates (subject to hydrolysis) is 1. The molecule has 2 fully saturated rings. The fraction of sp³-hybridized carbons (Fsp3) is 0.800. The van der Waals surface area contributed by atoms with Crippen LogP contribution >= 0.6 is 0 Å². The van der Waals surface area contributed by atoms with Gasteiger partial charge in [0.05, 0.1) is 5.41 Å². The summed E-state index contributed by atoms with van der Waals surface area (Å²) >= 11 is 0. The van der Waals surface area contributed by atoms with Crippen molar-refractivity contribution in [1.82, 2.24) is 10.2 Å². The number of carbonyl (C=O) groups is 3. The second kappa shape index (κ2) is 5.66. The van der Waals surface area contributed by atoms with Crippen LogP contribution in [0.2, 0.25) is 0 Å². The van der Waals surface area contributed by atoms with Gasteiger partial charge < -0.3 is 10.1 Å². The number of hydrogen-bond donors (Lipinski definition) is 1. The van der Waals surface area contributed by atoms with Crippen molar-refractivity contribution in [2.45, 2.75) is 58.5 Å². The van der Waals surface area contributed by atoms with Crippen molar-refractivity contribution in [3.05, 3.63) is 0 Å². The van der Waals surface area contributed by atoms with Gasteiger partial charge in [-0.15, -0.1) is 0 Å². The summed E-state index contributed by atoms with van der Waals surface area (Å²) in [5, 5.41) is 2.58. The van der Waals surface area contributed by atoms with Gasteiger partial charge in [-0.2, -0.15) is 0 Å². The van der Waals surface area contributed by atoms with Gasteiger partial charge in [0.15, 0.2) is 0 Å². The number of carbonyl (C=O) groups excluding carboxylic acids is 3. The van der Waals surface area contributed by atoms with Gasteiger partial charge in [-0.1, -0.05) is 12.8 Å². The zero-order chi connectivity index (χ0) is 15.7. The van der Waals surface area contributed by atoms with Crippen molar-refractivity contribution in [3.8, 4) is 0 Å². The predicted molar refractivity (Wildman–Crippen MR) is 76.5 cm³/mol. The van der Waals surface area contributed by atoms with Gasteiger partial charge in [0.25, 0.3) is 0 Å². The molecule has 0 aromatic rings. The molecule has 0 aromatic carbocycles. The lowest BCUT2D eigenvalue weighted by Crippen LogP contribution is -2.41. The molecule has 0 bridgehead atoms. The van der Waals surface area contributed by atoms with Crippen LogP contribution in [0.15, 0.2) is 0 Å². The molecule has 21 heavy (non-hydrogen) atoms. The fourth-order valence-corrected chi connectivity index (χ4v) is 3.11. The maximum Gasteiger partial charge on any atom is 0.407 e. The van der Waals surface area contributed by atoms with E-state index in [0.717, 1.165) is 25.7 Å². The van der Waals surface area contributed by atoms with Crippen molar-refractivity contribution in [3.63, 3.8) is 0 Å². The summed E-state index contributed by atoms with van der Waals surface area (Å²) in [7, 11) is 0. The number of imide groups is 1. The first-order valence-corrected chi connectivity index (χ1v) is 7.55. The summed E-state index contributed by atoms with van der Waals surface area (Å²) in [6.07, 6.45) is 3.46. The van der Waals surface area contributed by atoms with Crippen LogP contribution in [0.1, 0.15) is 52.9 Å². The van der Waals surface area contributed by atoms with E-state index in [1.54, 1.807) is 20.8 Å². The van der Waals surface area contributed by atoms with Gasteiger partial charge in [0, 0.05) is 19.5 Å². The molecule has 118 valence electrons. The van der Waals surface area contributed by atoms with Gasteiger partial charge >= 0.3 is 6.09 Å². The van der Waals surface area contributed by atoms with E-state index in [4.69, 9.17) is 4.74 Å². The lowest BCUT2D eigenvalue weighted by atomic mass is 9.84. The van der Waals surface area contributed by atoms with E-state index in [0.29, 0.717) is 6.42 Å². The molecule has 0 aromatic heterocycles. The molecule has 2 aliphatic rings. The maximum atomic E-state index is 12.4. The Kier molecular flexibility index (Phi) is 4.25. The van der Waals surface area contributed by atoms with Gasteiger partial charge in [-0.05, 0) is 33.6 Å². The number of nitrogens with zero attached hydrogens (tertiary/aromatic N) is 1. The number of hydrogen-bond acceptors (Lipinski definition) is 4. The molecule has 1 spiro atoms. The lowest BCUT2D eigenvalue weighted by molar-refractivity contribution is -0.141. The van der Waals surface area contributed by atoms with E-state index in [1.165, 1.54) is 4.90 Å². The van der Waals surface area contributed by atoms with E-state index in [2.05, 4.69) is 5.32 Å². The molecule has 0 atom stereocenters. The summed E-state index contributed by atoms with van der Waals surface area (Å²) in [6.45, 7) is 5.79. The topological polar surface area (TPSA) is 75.7 Å². The third kappa shape index (κ3) is 3.54. The van der Waals surface area contributed by atoms with Crippen LogP contribution in [-0.2, 0) is 14.3 Å². The molecule has 1 aliphatic heterocycles. The fourth-order valence-electron chi connectivity index (χ4n) is 3.11. The van der Waals surface area contributed by atoms with E-state index >= 15 is 0 Å². The van der Waals surface area contributed by atoms with Crippen LogP contribution in [0.3, 0.4) is 0 Å². The second-order valence-corrected chi connectivity index (χ2v) is 6.94. The van der Waals surface area contributed by atoms with Crippen molar-refractivity contribution < 1.29 is 19.1 Å². The molecule has 3 amide bonds. The minimum atomic E-state index is -0.558. The van der Waals surface area contributed by atoms with Gasteiger partial charge in [0.1, 0.15) is 5.60 Å². The molecule has 2 rings (SSSR count). The van der Waals surface area contributed by atoms with Gasteiger partial charge in [-0.3, -0.25) is 14.5 Å². The second-order valence-electron chi connectivity index (χ2n) is 6.94. The van der Waals surface area contributed by atoms with Crippen LogP contribution in [-0.4, -0.2) is 41.5 Å². The molecule has 1 heterocycles. The van der Waals surface area contributed by atoms with Crippen LogP contribution in [0, 0.1) is 5.41 Å². The van der Waals surface area contributed by atoms with Crippen molar-refractivity contribution in [1.29, 1.82) is 0 Å². The van der Waals surface area contributed by atoms with Crippen LogP contribution in [0.5, 0.6) is 0 Å². The number of ether oxygens (including phenoxy) is 1. The number of likely N-dealkylation sites (tertiary alicyclic amines) is 1. The largest absolute Gasteiger partial charge is 0.444 e. The van der Waals surface area contributed by atoms with Gasteiger partial charge in [0.2, 0.25) is 11.8 Å². The highest BCUT2D eigenvalue weighted by Gasteiger charge is 2.52. The Morgan fingerprint density at radius 2 is 1.90 bits per heavy atom. The molecule has 1 aliphatic carbocycles. The van der Waals surface area contributed by atoms with Crippen LogP contribution < -0.4 is 5.32 Å².